The van der Waals surface area contributed by atoms with Crippen molar-refractivity contribution in [3.05, 3.63) is 59.7 Å². The van der Waals surface area contributed by atoms with E-state index in [1.165, 1.54) is 16.4 Å². The van der Waals surface area contributed by atoms with Crippen LogP contribution in [0.25, 0.3) is 0 Å². The number of amides is 1. The van der Waals surface area contributed by atoms with Gasteiger partial charge in [-0.2, -0.15) is 4.31 Å². The summed E-state index contributed by atoms with van der Waals surface area (Å²) in [6.07, 6.45) is 0. The van der Waals surface area contributed by atoms with Crippen LogP contribution in [0.5, 0.6) is 0 Å². The molecule has 0 aliphatic heterocycles. The SMILES string of the molecule is CCN(CC)S(=O)(=O)c1ccc(NC(=S)NC(=O)c2cccc(C)c2)cc1. The first-order chi connectivity index (χ1) is 12.8. The molecule has 0 bridgehead atoms. The Balaban J connectivity index is 2.04. The molecule has 0 radical (unpaired) electrons. The van der Waals surface area contributed by atoms with Crippen LogP contribution >= 0.6 is 12.2 Å². The van der Waals surface area contributed by atoms with Crippen LogP contribution in [0.15, 0.2) is 53.4 Å². The minimum atomic E-state index is -3.50. The van der Waals surface area contributed by atoms with Crippen molar-refractivity contribution in [3.63, 3.8) is 0 Å². The molecule has 2 rings (SSSR count). The van der Waals surface area contributed by atoms with E-state index in [1.54, 1.807) is 44.2 Å². The predicted molar refractivity (Wildman–Crippen MR) is 111 cm³/mol. The number of rotatable bonds is 6. The second kappa shape index (κ2) is 9.07. The van der Waals surface area contributed by atoms with Gasteiger partial charge in [-0.3, -0.25) is 10.1 Å². The molecule has 144 valence electrons. The van der Waals surface area contributed by atoms with Crippen molar-refractivity contribution < 1.29 is 13.2 Å². The van der Waals surface area contributed by atoms with Gasteiger partial charge in [-0.1, -0.05) is 31.5 Å². The van der Waals surface area contributed by atoms with E-state index in [2.05, 4.69) is 10.6 Å². The first-order valence-corrected chi connectivity index (χ1v) is 10.4. The van der Waals surface area contributed by atoms with E-state index in [0.717, 1.165) is 5.56 Å². The third-order valence-electron chi connectivity index (χ3n) is 3.96. The summed E-state index contributed by atoms with van der Waals surface area (Å²) in [7, 11) is -3.50. The number of thiocarbonyl (C=S) groups is 1. The normalized spacial score (nSPS) is 11.3. The van der Waals surface area contributed by atoms with Crippen LogP contribution in [-0.4, -0.2) is 36.8 Å². The molecule has 8 heteroatoms. The molecular formula is C19H23N3O3S2. The maximum Gasteiger partial charge on any atom is 0.257 e. The second-order valence-corrected chi connectivity index (χ2v) is 8.24. The van der Waals surface area contributed by atoms with Gasteiger partial charge in [-0.25, -0.2) is 8.42 Å². The number of carbonyl (C=O) groups is 1. The summed E-state index contributed by atoms with van der Waals surface area (Å²) in [4.78, 5) is 12.4. The monoisotopic (exact) mass is 405 g/mol. The Bertz CT molecular complexity index is 921. The van der Waals surface area contributed by atoms with Gasteiger partial charge in [0.25, 0.3) is 5.91 Å². The smallest absolute Gasteiger partial charge is 0.257 e. The van der Waals surface area contributed by atoms with E-state index in [0.29, 0.717) is 24.3 Å². The van der Waals surface area contributed by atoms with Gasteiger partial charge < -0.3 is 5.32 Å². The first-order valence-electron chi connectivity index (χ1n) is 8.57. The molecule has 0 atom stereocenters. The quantitative estimate of drug-likeness (QED) is 0.722. The van der Waals surface area contributed by atoms with Crippen LogP contribution in [0, 0.1) is 6.92 Å². The van der Waals surface area contributed by atoms with Crippen molar-refractivity contribution in [3.8, 4) is 0 Å². The standard InChI is InChI=1S/C19H23N3O3S2/c1-4-22(5-2)27(24,25)17-11-9-16(10-12-17)20-19(26)21-18(23)15-8-6-7-14(3)13-15/h6-13H,4-5H2,1-3H3,(H2,20,21,23,26). The molecule has 2 aromatic carbocycles. The highest BCUT2D eigenvalue weighted by molar-refractivity contribution is 7.89. The maximum absolute atomic E-state index is 12.5. The molecule has 0 heterocycles. The van der Waals surface area contributed by atoms with Gasteiger partial charge in [0.1, 0.15) is 0 Å². The van der Waals surface area contributed by atoms with Crippen molar-refractivity contribution >= 4 is 38.9 Å². The summed E-state index contributed by atoms with van der Waals surface area (Å²) in [6.45, 7) is 6.32. The number of nitrogens with zero attached hydrogens (tertiary/aromatic N) is 1. The fourth-order valence-corrected chi connectivity index (χ4v) is 4.22. The number of nitrogens with one attached hydrogen (secondary N) is 2. The number of anilines is 1. The van der Waals surface area contributed by atoms with Gasteiger partial charge in [0, 0.05) is 24.3 Å². The lowest BCUT2D eigenvalue weighted by Crippen LogP contribution is -2.34. The largest absolute Gasteiger partial charge is 0.332 e. The molecule has 1 amide bonds. The molecule has 0 spiro atoms. The van der Waals surface area contributed by atoms with Crippen molar-refractivity contribution in [2.75, 3.05) is 18.4 Å². The number of sulfonamides is 1. The molecule has 2 N–H and O–H groups in total. The lowest BCUT2D eigenvalue weighted by Gasteiger charge is -2.18. The van der Waals surface area contributed by atoms with Crippen molar-refractivity contribution in [2.24, 2.45) is 0 Å². The summed E-state index contributed by atoms with van der Waals surface area (Å²) in [5.74, 6) is -0.308. The molecule has 0 aliphatic rings. The zero-order valence-electron chi connectivity index (χ0n) is 15.5. The minimum Gasteiger partial charge on any atom is -0.332 e. The molecule has 27 heavy (non-hydrogen) atoms. The molecule has 0 aromatic heterocycles. The van der Waals surface area contributed by atoms with Crippen molar-refractivity contribution in [1.82, 2.24) is 9.62 Å². The summed E-state index contributed by atoms with van der Waals surface area (Å²) in [5, 5.41) is 5.63. The molecule has 0 unspecified atom stereocenters. The second-order valence-electron chi connectivity index (χ2n) is 5.89. The van der Waals surface area contributed by atoms with Gasteiger partial charge in [0.2, 0.25) is 10.0 Å². The lowest BCUT2D eigenvalue weighted by atomic mass is 10.1. The molecular weight excluding hydrogens is 382 g/mol. The molecule has 0 saturated heterocycles. The Kier molecular flexibility index (Phi) is 7.06. The fourth-order valence-electron chi connectivity index (χ4n) is 2.55. The summed E-state index contributed by atoms with van der Waals surface area (Å²) < 4.78 is 26.4. The van der Waals surface area contributed by atoms with Crippen LogP contribution in [0.4, 0.5) is 5.69 Å². The van der Waals surface area contributed by atoms with E-state index < -0.39 is 10.0 Å². The fraction of sp³-hybridized carbons (Fsp3) is 0.263. The summed E-state index contributed by atoms with van der Waals surface area (Å²) in [5.41, 5.74) is 2.08. The Morgan fingerprint density at radius 3 is 2.26 bits per heavy atom. The molecule has 6 nitrogen and oxygen atoms in total. The van der Waals surface area contributed by atoms with Crippen LogP contribution < -0.4 is 10.6 Å². The highest BCUT2D eigenvalue weighted by atomic mass is 32.2. The average molecular weight is 406 g/mol. The van der Waals surface area contributed by atoms with Gasteiger partial charge in [0.15, 0.2) is 5.11 Å². The molecule has 0 aliphatic carbocycles. The molecule has 2 aromatic rings. The number of hydrogen-bond acceptors (Lipinski definition) is 4. The topological polar surface area (TPSA) is 78.5 Å². The highest BCUT2D eigenvalue weighted by Crippen LogP contribution is 2.18. The Morgan fingerprint density at radius 2 is 1.70 bits per heavy atom. The van der Waals surface area contributed by atoms with E-state index in [1.807, 2.05) is 13.0 Å². The number of benzene rings is 2. The average Bonchev–Trinajstić information content (AvgIpc) is 2.62. The third kappa shape index (κ3) is 5.35. The van der Waals surface area contributed by atoms with Gasteiger partial charge in [-0.05, 0) is 55.5 Å². The van der Waals surface area contributed by atoms with E-state index >= 15 is 0 Å². The van der Waals surface area contributed by atoms with Crippen LogP contribution in [-0.2, 0) is 10.0 Å². The van der Waals surface area contributed by atoms with Crippen LogP contribution in [0.1, 0.15) is 29.8 Å². The summed E-state index contributed by atoms with van der Waals surface area (Å²) >= 11 is 5.16. The molecule has 0 fully saturated rings. The van der Waals surface area contributed by atoms with Gasteiger partial charge in [-0.15, -0.1) is 0 Å². The van der Waals surface area contributed by atoms with Crippen LogP contribution in [0.2, 0.25) is 0 Å². The van der Waals surface area contributed by atoms with Gasteiger partial charge in [0.05, 0.1) is 4.90 Å². The minimum absolute atomic E-state index is 0.140. The predicted octanol–water partition coefficient (Wildman–Crippen LogP) is 3.15. The van der Waals surface area contributed by atoms with Crippen LogP contribution in [0.3, 0.4) is 0 Å². The van der Waals surface area contributed by atoms with E-state index in [4.69, 9.17) is 12.2 Å². The summed E-state index contributed by atoms with van der Waals surface area (Å²) in [6, 6.07) is 13.4. The highest BCUT2D eigenvalue weighted by Gasteiger charge is 2.21. The number of hydrogen-bond donors (Lipinski definition) is 2. The van der Waals surface area contributed by atoms with Crippen molar-refractivity contribution in [1.29, 1.82) is 0 Å². The Labute approximate surface area is 165 Å². The van der Waals surface area contributed by atoms with Gasteiger partial charge >= 0.3 is 0 Å². The van der Waals surface area contributed by atoms with Crippen molar-refractivity contribution in [2.45, 2.75) is 25.7 Å². The van der Waals surface area contributed by atoms with E-state index in [9.17, 15) is 13.2 Å². The Hall–Kier alpha value is -2.29. The lowest BCUT2D eigenvalue weighted by molar-refractivity contribution is 0.0977. The number of carbonyl (C=O) groups excluding carboxylic acids is 1. The zero-order valence-corrected chi connectivity index (χ0v) is 17.2. The Morgan fingerprint density at radius 1 is 1.07 bits per heavy atom. The number of aryl methyl sites for hydroxylation is 1. The molecule has 0 saturated carbocycles. The first kappa shape index (κ1) is 21.0. The third-order valence-corrected chi connectivity index (χ3v) is 6.23. The maximum atomic E-state index is 12.5. The zero-order chi connectivity index (χ0) is 20.0. The van der Waals surface area contributed by atoms with E-state index in [-0.39, 0.29) is 15.9 Å².